The molecule has 0 amide bonds. The highest BCUT2D eigenvalue weighted by Gasteiger charge is 2.17. The Morgan fingerprint density at radius 3 is 2.07 bits per heavy atom. The lowest BCUT2D eigenvalue weighted by Crippen LogP contribution is -2.48. The van der Waals surface area contributed by atoms with Gasteiger partial charge in [0.2, 0.25) is 0 Å². The van der Waals surface area contributed by atoms with Crippen molar-refractivity contribution in [2.24, 2.45) is 5.92 Å². The zero-order valence-electron chi connectivity index (χ0n) is 9.62. The second kappa shape index (κ2) is 5.47. The first kappa shape index (κ1) is 11.7. The van der Waals surface area contributed by atoms with Gasteiger partial charge in [0.05, 0.1) is 6.54 Å². The minimum absolute atomic E-state index is 0.280. The molecule has 0 aromatic heterocycles. The lowest BCUT2D eigenvalue weighted by molar-refractivity contribution is -0.118. The fraction of sp³-hybridized carbons (Fsp3) is 0.909. The van der Waals surface area contributed by atoms with Crippen LogP contribution in [0.5, 0.6) is 0 Å². The molecule has 82 valence electrons. The van der Waals surface area contributed by atoms with Crippen LogP contribution in [0.3, 0.4) is 0 Å². The Hall–Kier alpha value is -0.410. The van der Waals surface area contributed by atoms with E-state index in [9.17, 15) is 4.79 Å². The van der Waals surface area contributed by atoms with E-state index in [0.29, 0.717) is 6.54 Å². The van der Waals surface area contributed by atoms with E-state index in [2.05, 4.69) is 23.6 Å². The van der Waals surface area contributed by atoms with Gasteiger partial charge < -0.3 is 4.90 Å². The molecule has 0 atom stereocenters. The number of rotatable bonds is 4. The Morgan fingerprint density at radius 2 is 1.64 bits per heavy atom. The van der Waals surface area contributed by atoms with Crippen molar-refractivity contribution in [2.45, 2.75) is 20.8 Å². The number of carbonyl (C=O) groups is 1. The zero-order chi connectivity index (χ0) is 10.6. The van der Waals surface area contributed by atoms with Crippen molar-refractivity contribution < 1.29 is 4.79 Å². The fourth-order valence-corrected chi connectivity index (χ4v) is 1.96. The van der Waals surface area contributed by atoms with Crippen LogP contribution in [0, 0.1) is 5.92 Å². The van der Waals surface area contributed by atoms with Crippen LogP contribution in [0.2, 0.25) is 0 Å². The third-order valence-corrected chi connectivity index (χ3v) is 2.53. The molecule has 0 spiro atoms. The second-order valence-electron chi connectivity index (χ2n) is 4.67. The summed E-state index contributed by atoms with van der Waals surface area (Å²) in [6.45, 7) is 12.3. The minimum Gasteiger partial charge on any atom is -0.301 e. The zero-order valence-corrected chi connectivity index (χ0v) is 9.62. The van der Waals surface area contributed by atoms with Crippen molar-refractivity contribution in [1.82, 2.24) is 9.80 Å². The van der Waals surface area contributed by atoms with Crippen molar-refractivity contribution in [3.05, 3.63) is 0 Å². The van der Waals surface area contributed by atoms with E-state index in [-0.39, 0.29) is 5.78 Å². The number of hydrogen-bond acceptors (Lipinski definition) is 3. The molecule has 3 heteroatoms. The van der Waals surface area contributed by atoms with E-state index < -0.39 is 0 Å². The van der Waals surface area contributed by atoms with E-state index in [0.717, 1.165) is 32.1 Å². The number of hydrogen-bond donors (Lipinski definition) is 0. The number of Topliss-reactive ketones (excluding diaryl/α,β-unsaturated/α-hetero) is 1. The van der Waals surface area contributed by atoms with Gasteiger partial charge in [0.25, 0.3) is 0 Å². The van der Waals surface area contributed by atoms with Crippen molar-refractivity contribution in [3.63, 3.8) is 0 Å². The minimum atomic E-state index is 0.280. The molecule has 0 unspecified atom stereocenters. The molecular formula is C11H22N2O. The van der Waals surface area contributed by atoms with Crippen LogP contribution in [-0.4, -0.2) is 54.9 Å². The average Bonchev–Trinajstić information content (AvgIpc) is 2.06. The summed E-state index contributed by atoms with van der Waals surface area (Å²) in [4.78, 5) is 15.7. The third kappa shape index (κ3) is 4.20. The molecule has 0 aliphatic carbocycles. The highest BCUT2D eigenvalue weighted by Crippen LogP contribution is 2.04. The molecule has 0 bridgehead atoms. The molecule has 14 heavy (non-hydrogen) atoms. The summed E-state index contributed by atoms with van der Waals surface area (Å²) in [7, 11) is 0. The fourth-order valence-electron chi connectivity index (χ4n) is 1.96. The molecule has 0 N–H and O–H groups in total. The molecule has 1 aliphatic heterocycles. The van der Waals surface area contributed by atoms with E-state index in [1.165, 1.54) is 6.54 Å². The molecule has 1 heterocycles. The maximum Gasteiger partial charge on any atom is 0.143 e. The number of carbonyl (C=O) groups excluding carboxylic acids is 1. The summed E-state index contributed by atoms with van der Waals surface area (Å²) in [6, 6.07) is 0. The highest BCUT2D eigenvalue weighted by atomic mass is 16.1. The van der Waals surface area contributed by atoms with Gasteiger partial charge in [-0.3, -0.25) is 9.69 Å². The molecule has 1 rings (SSSR count). The van der Waals surface area contributed by atoms with Crippen molar-refractivity contribution in [1.29, 1.82) is 0 Å². The van der Waals surface area contributed by atoms with Gasteiger partial charge in [0.1, 0.15) is 5.78 Å². The van der Waals surface area contributed by atoms with Crippen LogP contribution in [0.25, 0.3) is 0 Å². The second-order valence-corrected chi connectivity index (χ2v) is 4.67. The SMILES string of the molecule is CC(=O)CN1CCN(CC(C)C)CC1. The van der Waals surface area contributed by atoms with Crippen molar-refractivity contribution in [2.75, 3.05) is 39.3 Å². The highest BCUT2D eigenvalue weighted by molar-refractivity contribution is 5.77. The lowest BCUT2D eigenvalue weighted by atomic mass is 10.2. The number of piperazine rings is 1. The summed E-state index contributed by atoms with van der Waals surface area (Å²) in [5.74, 6) is 1.02. The van der Waals surface area contributed by atoms with Crippen LogP contribution >= 0.6 is 0 Å². The van der Waals surface area contributed by atoms with E-state index >= 15 is 0 Å². The summed E-state index contributed by atoms with van der Waals surface area (Å²) in [5, 5.41) is 0. The van der Waals surface area contributed by atoms with Gasteiger partial charge in [0, 0.05) is 32.7 Å². The van der Waals surface area contributed by atoms with Gasteiger partial charge in [-0.05, 0) is 12.8 Å². The normalized spacial score (nSPS) is 20.3. The standard InChI is InChI=1S/C11H22N2O/c1-10(2)8-12-4-6-13(7-5-12)9-11(3)14/h10H,4-9H2,1-3H3. The van der Waals surface area contributed by atoms with E-state index in [4.69, 9.17) is 0 Å². The predicted molar refractivity (Wildman–Crippen MR) is 58.4 cm³/mol. The molecule has 0 saturated carbocycles. The van der Waals surface area contributed by atoms with Gasteiger partial charge in [-0.25, -0.2) is 0 Å². The molecule has 0 radical (unpaired) electrons. The van der Waals surface area contributed by atoms with Crippen LogP contribution in [0.15, 0.2) is 0 Å². The maximum atomic E-state index is 10.9. The van der Waals surface area contributed by atoms with E-state index in [1.807, 2.05) is 0 Å². The Labute approximate surface area is 87.1 Å². The average molecular weight is 198 g/mol. The summed E-state index contributed by atoms with van der Waals surface area (Å²) >= 11 is 0. The molecule has 1 fully saturated rings. The quantitative estimate of drug-likeness (QED) is 0.669. The first-order valence-corrected chi connectivity index (χ1v) is 5.52. The van der Waals surface area contributed by atoms with Crippen LogP contribution in [-0.2, 0) is 4.79 Å². The van der Waals surface area contributed by atoms with Crippen molar-refractivity contribution >= 4 is 5.78 Å². The Kier molecular flexibility index (Phi) is 4.55. The maximum absolute atomic E-state index is 10.9. The van der Waals surface area contributed by atoms with Crippen molar-refractivity contribution in [3.8, 4) is 0 Å². The van der Waals surface area contributed by atoms with Crippen LogP contribution in [0.4, 0.5) is 0 Å². The molecule has 1 aliphatic rings. The largest absolute Gasteiger partial charge is 0.301 e. The van der Waals surface area contributed by atoms with E-state index in [1.54, 1.807) is 6.92 Å². The lowest BCUT2D eigenvalue weighted by Gasteiger charge is -2.34. The molecule has 3 nitrogen and oxygen atoms in total. The molecule has 0 aromatic carbocycles. The van der Waals surface area contributed by atoms with Crippen LogP contribution < -0.4 is 0 Å². The molecule has 1 saturated heterocycles. The Morgan fingerprint density at radius 1 is 1.14 bits per heavy atom. The summed E-state index contributed by atoms with van der Waals surface area (Å²) in [6.07, 6.45) is 0. The summed E-state index contributed by atoms with van der Waals surface area (Å²) in [5.41, 5.74) is 0. The first-order chi connectivity index (χ1) is 6.58. The third-order valence-electron chi connectivity index (χ3n) is 2.53. The Balaban J connectivity index is 2.21. The monoisotopic (exact) mass is 198 g/mol. The smallest absolute Gasteiger partial charge is 0.143 e. The summed E-state index contributed by atoms with van der Waals surface area (Å²) < 4.78 is 0. The van der Waals surface area contributed by atoms with Gasteiger partial charge >= 0.3 is 0 Å². The Bertz CT molecular complexity index is 184. The number of nitrogens with zero attached hydrogens (tertiary/aromatic N) is 2. The molecular weight excluding hydrogens is 176 g/mol. The predicted octanol–water partition coefficient (Wildman–Crippen LogP) is 0.849. The number of ketones is 1. The molecule has 0 aromatic rings. The van der Waals surface area contributed by atoms with Crippen LogP contribution in [0.1, 0.15) is 20.8 Å². The van der Waals surface area contributed by atoms with Gasteiger partial charge in [-0.1, -0.05) is 13.8 Å². The van der Waals surface area contributed by atoms with Gasteiger partial charge in [0.15, 0.2) is 0 Å². The van der Waals surface area contributed by atoms with Gasteiger partial charge in [-0.2, -0.15) is 0 Å². The van der Waals surface area contributed by atoms with Gasteiger partial charge in [-0.15, -0.1) is 0 Å². The topological polar surface area (TPSA) is 23.6 Å². The first-order valence-electron chi connectivity index (χ1n) is 5.52.